The highest BCUT2D eigenvalue weighted by Gasteiger charge is 2.13. The monoisotopic (exact) mass is 327 g/mol. The van der Waals surface area contributed by atoms with Gasteiger partial charge in [0, 0.05) is 21.5 Å². The van der Waals surface area contributed by atoms with Crippen LogP contribution in [0.2, 0.25) is 5.02 Å². The van der Waals surface area contributed by atoms with E-state index in [0.717, 1.165) is 21.5 Å². The lowest BCUT2D eigenvalue weighted by Crippen LogP contribution is -2.03. The first-order valence-corrected chi connectivity index (χ1v) is 6.46. The van der Waals surface area contributed by atoms with Crippen molar-refractivity contribution in [2.24, 2.45) is 0 Å². The van der Waals surface area contributed by atoms with E-state index in [1.165, 1.54) is 0 Å². The molecule has 0 amide bonds. The second-order valence-electron chi connectivity index (χ2n) is 4.02. The number of hydrogen-bond acceptors (Lipinski definition) is 1. The van der Waals surface area contributed by atoms with Crippen LogP contribution < -0.4 is 0 Å². The summed E-state index contributed by atoms with van der Waals surface area (Å²) in [4.78, 5) is 11.1. The van der Waals surface area contributed by atoms with Gasteiger partial charge in [-0.05, 0) is 54.0 Å². The van der Waals surface area contributed by atoms with Crippen LogP contribution in [0.15, 0.2) is 28.7 Å². The number of benzene rings is 1. The van der Waals surface area contributed by atoms with Crippen molar-refractivity contribution >= 4 is 33.5 Å². The number of carbonyl (C=O) groups is 1. The van der Waals surface area contributed by atoms with Crippen molar-refractivity contribution in [3.63, 3.8) is 0 Å². The Bertz CT molecular complexity index is 634. The largest absolute Gasteiger partial charge is 0.478 e. The molecule has 0 fully saturated rings. The normalized spacial score (nSPS) is 10.7. The minimum atomic E-state index is -1.02. The molecule has 1 heterocycles. The molecule has 0 radical (unpaired) electrons. The summed E-state index contributed by atoms with van der Waals surface area (Å²) < 4.78 is 2.97. The standard InChI is InChI=1S/C13H11BrClNO2/c1-7-5-11(14)8(2)16(7)9-3-4-12(15)10(6-9)13(17)18/h3-6H,1-2H3,(H,17,18). The van der Waals surface area contributed by atoms with Gasteiger partial charge in [0.15, 0.2) is 0 Å². The summed E-state index contributed by atoms with van der Waals surface area (Å²) in [5, 5.41) is 9.32. The first-order chi connectivity index (χ1) is 8.41. The van der Waals surface area contributed by atoms with Gasteiger partial charge in [0.05, 0.1) is 10.6 Å². The Morgan fingerprint density at radius 2 is 2.00 bits per heavy atom. The maximum atomic E-state index is 11.1. The highest BCUT2D eigenvalue weighted by molar-refractivity contribution is 9.10. The Hall–Kier alpha value is -1.26. The zero-order chi connectivity index (χ0) is 13.4. The number of halogens is 2. The van der Waals surface area contributed by atoms with Crippen molar-refractivity contribution in [3.8, 4) is 5.69 Å². The molecule has 0 saturated carbocycles. The number of carboxylic acid groups (broad SMARTS) is 1. The lowest BCUT2D eigenvalue weighted by molar-refractivity contribution is 0.0697. The molecule has 0 aliphatic heterocycles. The van der Waals surface area contributed by atoms with Crippen LogP contribution in [-0.4, -0.2) is 15.6 Å². The molecule has 1 aromatic heterocycles. The summed E-state index contributed by atoms with van der Waals surface area (Å²) in [5.41, 5.74) is 2.94. The SMILES string of the molecule is Cc1cc(Br)c(C)n1-c1ccc(Cl)c(C(=O)O)c1. The summed E-state index contributed by atoms with van der Waals surface area (Å²) in [6.45, 7) is 3.93. The lowest BCUT2D eigenvalue weighted by atomic mass is 10.2. The van der Waals surface area contributed by atoms with Gasteiger partial charge in [-0.1, -0.05) is 11.6 Å². The van der Waals surface area contributed by atoms with Gasteiger partial charge in [-0.3, -0.25) is 0 Å². The van der Waals surface area contributed by atoms with E-state index in [-0.39, 0.29) is 10.6 Å². The summed E-state index contributed by atoms with van der Waals surface area (Å²) >= 11 is 9.33. The molecule has 0 spiro atoms. The third-order valence-electron chi connectivity index (χ3n) is 2.81. The zero-order valence-electron chi connectivity index (χ0n) is 9.87. The van der Waals surface area contributed by atoms with Crippen LogP contribution in [0.3, 0.4) is 0 Å². The van der Waals surface area contributed by atoms with Gasteiger partial charge in [0.25, 0.3) is 0 Å². The lowest BCUT2D eigenvalue weighted by Gasteiger charge is -2.11. The molecule has 1 aromatic carbocycles. The average Bonchev–Trinajstić information content (AvgIpc) is 2.54. The molecule has 0 unspecified atom stereocenters. The first-order valence-electron chi connectivity index (χ1n) is 5.29. The molecule has 0 bridgehead atoms. The van der Waals surface area contributed by atoms with E-state index in [9.17, 15) is 4.79 Å². The Balaban J connectivity index is 2.65. The molecule has 0 aliphatic rings. The van der Waals surface area contributed by atoms with Gasteiger partial charge >= 0.3 is 5.97 Å². The molecule has 0 saturated heterocycles. The van der Waals surface area contributed by atoms with Crippen molar-refractivity contribution in [1.82, 2.24) is 4.57 Å². The maximum absolute atomic E-state index is 11.1. The number of nitrogens with zero attached hydrogens (tertiary/aromatic N) is 1. The van der Waals surface area contributed by atoms with Crippen LogP contribution in [0.4, 0.5) is 0 Å². The summed E-state index contributed by atoms with van der Waals surface area (Å²) in [6.07, 6.45) is 0. The molecule has 18 heavy (non-hydrogen) atoms. The van der Waals surface area contributed by atoms with E-state index in [0.29, 0.717) is 0 Å². The highest BCUT2D eigenvalue weighted by Crippen LogP contribution is 2.27. The fourth-order valence-electron chi connectivity index (χ4n) is 1.94. The van der Waals surface area contributed by atoms with Gasteiger partial charge in [-0.2, -0.15) is 0 Å². The van der Waals surface area contributed by atoms with Crippen molar-refractivity contribution < 1.29 is 9.90 Å². The van der Waals surface area contributed by atoms with Crippen LogP contribution in [0.1, 0.15) is 21.7 Å². The van der Waals surface area contributed by atoms with E-state index in [1.807, 2.05) is 24.5 Å². The van der Waals surface area contributed by atoms with Gasteiger partial charge in [-0.15, -0.1) is 0 Å². The molecule has 2 rings (SSSR count). The van der Waals surface area contributed by atoms with E-state index in [1.54, 1.807) is 18.2 Å². The fraction of sp³-hybridized carbons (Fsp3) is 0.154. The maximum Gasteiger partial charge on any atom is 0.337 e. The second-order valence-corrected chi connectivity index (χ2v) is 5.29. The Kier molecular flexibility index (Phi) is 3.50. The predicted molar refractivity (Wildman–Crippen MR) is 74.9 cm³/mol. The van der Waals surface area contributed by atoms with Gasteiger partial charge in [0.2, 0.25) is 0 Å². The molecule has 0 aliphatic carbocycles. The third-order valence-corrected chi connectivity index (χ3v) is 3.94. The van der Waals surface area contributed by atoms with Crippen LogP contribution >= 0.6 is 27.5 Å². The second kappa shape index (κ2) is 4.78. The molecule has 2 aromatic rings. The predicted octanol–water partition coefficient (Wildman–Crippen LogP) is 4.21. The number of aryl methyl sites for hydroxylation is 1. The van der Waals surface area contributed by atoms with Crippen molar-refractivity contribution in [2.75, 3.05) is 0 Å². The van der Waals surface area contributed by atoms with Crippen LogP contribution in [0.5, 0.6) is 0 Å². The minimum absolute atomic E-state index is 0.109. The summed E-state index contributed by atoms with van der Waals surface area (Å²) in [6, 6.07) is 6.98. The van der Waals surface area contributed by atoms with E-state index in [4.69, 9.17) is 16.7 Å². The number of aromatic nitrogens is 1. The van der Waals surface area contributed by atoms with Crippen molar-refractivity contribution in [2.45, 2.75) is 13.8 Å². The average molecular weight is 329 g/mol. The molecular formula is C13H11BrClNO2. The summed E-state index contributed by atoms with van der Waals surface area (Å²) in [5.74, 6) is -1.02. The fourth-order valence-corrected chi connectivity index (χ4v) is 2.64. The number of carboxylic acids is 1. The van der Waals surface area contributed by atoms with E-state index < -0.39 is 5.97 Å². The molecule has 0 atom stereocenters. The Labute approximate surface area is 118 Å². The van der Waals surface area contributed by atoms with Crippen LogP contribution in [0, 0.1) is 13.8 Å². The van der Waals surface area contributed by atoms with Crippen molar-refractivity contribution in [1.29, 1.82) is 0 Å². The van der Waals surface area contributed by atoms with Crippen LogP contribution in [-0.2, 0) is 0 Å². The van der Waals surface area contributed by atoms with E-state index in [2.05, 4.69) is 15.9 Å². The number of hydrogen-bond donors (Lipinski definition) is 1. The Morgan fingerprint density at radius 1 is 1.33 bits per heavy atom. The molecule has 3 nitrogen and oxygen atoms in total. The summed E-state index contributed by atoms with van der Waals surface area (Å²) in [7, 11) is 0. The van der Waals surface area contributed by atoms with Gasteiger partial charge in [-0.25, -0.2) is 4.79 Å². The molecule has 1 N–H and O–H groups in total. The topological polar surface area (TPSA) is 42.2 Å². The smallest absolute Gasteiger partial charge is 0.337 e. The van der Waals surface area contributed by atoms with Gasteiger partial charge in [0.1, 0.15) is 0 Å². The Morgan fingerprint density at radius 3 is 2.50 bits per heavy atom. The number of rotatable bonds is 2. The minimum Gasteiger partial charge on any atom is -0.478 e. The third kappa shape index (κ3) is 2.18. The zero-order valence-corrected chi connectivity index (χ0v) is 12.2. The van der Waals surface area contributed by atoms with Crippen LogP contribution in [0.25, 0.3) is 5.69 Å². The van der Waals surface area contributed by atoms with Gasteiger partial charge < -0.3 is 9.67 Å². The number of aromatic carboxylic acids is 1. The quantitative estimate of drug-likeness (QED) is 0.897. The molecule has 94 valence electrons. The molecular weight excluding hydrogens is 318 g/mol. The molecule has 5 heteroatoms. The highest BCUT2D eigenvalue weighted by atomic mass is 79.9. The first kappa shape index (κ1) is 13.2. The van der Waals surface area contributed by atoms with Crippen molar-refractivity contribution in [3.05, 3.63) is 50.7 Å². The van der Waals surface area contributed by atoms with E-state index >= 15 is 0 Å².